The quantitative estimate of drug-likeness (QED) is 0.260. The number of fused-ring (bicyclic) bond motifs is 2. The van der Waals surface area contributed by atoms with Crippen molar-refractivity contribution in [2.24, 2.45) is 5.92 Å². The molecule has 2 aliphatic rings. The lowest BCUT2D eigenvalue weighted by atomic mass is 9.82. The molecule has 11 nitrogen and oxygen atoms in total. The lowest BCUT2D eigenvalue weighted by Crippen LogP contribution is -2.36. The maximum Gasteiger partial charge on any atom is 0.323 e. The number of H-pyrrole nitrogens is 1. The number of carbonyl (C=O) groups excluding carboxylic acids is 2. The molecule has 0 bridgehead atoms. The van der Waals surface area contributed by atoms with E-state index in [1.54, 1.807) is 0 Å². The molecule has 2 aliphatic heterocycles. The smallest absolute Gasteiger partial charge is 0.323 e. The molecule has 37 heavy (non-hydrogen) atoms. The predicted octanol–water partition coefficient (Wildman–Crippen LogP) is 2.91. The average molecular weight is 542 g/mol. The Hall–Kier alpha value is -3.97. The Kier molecular flexibility index (Phi) is 6.33. The Labute approximate surface area is 217 Å². The van der Waals surface area contributed by atoms with Crippen LogP contribution in [0.5, 0.6) is 5.75 Å². The number of aryl methyl sites for hydroxylation is 1. The monoisotopic (exact) mass is 541 g/mol. The van der Waals surface area contributed by atoms with Gasteiger partial charge in [0, 0.05) is 28.5 Å². The van der Waals surface area contributed by atoms with Crippen LogP contribution in [0.25, 0.3) is 0 Å². The maximum atomic E-state index is 13.4. The third-order valence-electron chi connectivity index (χ3n) is 6.39. The van der Waals surface area contributed by atoms with Gasteiger partial charge in [-0.3, -0.25) is 34.2 Å². The Morgan fingerprint density at radius 1 is 1.19 bits per heavy atom. The molecular weight excluding hydrogens is 522 g/mol. The topological polar surface area (TPSA) is 160 Å². The zero-order valence-corrected chi connectivity index (χ0v) is 20.8. The van der Waals surface area contributed by atoms with Crippen molar-refractivity contribution >= 4 is 46.6 Å². The fourth-order valence-corrected chi connectivity index (χ4v) is 7.18. The summed E-state index contributed by atoms with van der Waals surface area (Å²) >= 11 is 1.84. The summed E-state index contributed by atoms with van der Waals surface area (Å²) in [5.41, 5.74) is 1.88. The summed E-state index contributed by atoms with van der Waals surface area (Å²) in [4.78, 5) is 64.6. The van der Waals surface area contributed by atoms with Crippen molar-refractivity contribution < 1.29 is 29.2 Å². The number of nitro groups is 1. The number of non-ortho nitro benzene ring substituents is 1. The van der Waals surface area contributed by atoms with Crippen LogP contribution in [0, 0.1) is 23.0 Å². The van der Waals surface area contributed by atoms with Gasteiger partial charge in [-0.2, -0.15) is 0 Å². The molecule has 2 aromatic carbocycles. The van der Waals surface area contributed by atoms with Crippen LogP contribution in [0.3, 0.4) is 0 Å². The first-order valence-corrected chi connectivity index (χ1v) is 12.8. The van der Waals surface area contributed by atoms with E-state index < -0.39 is 51.2 Å². The number of carbonyl (C=O) groups is 3. The van der Waals surface area contributed by atoms with Gasteiger partial charge in [-0.15, -0.1) is 0 Å². The number of hydrogen-bond donors (Lipinski definition) is 2. The van der Waals surface area contributed by atoms with E-state index in [4.69, 9.17) is 4.74 Å². The summed E-state index contributed by atoms with van der Waals surface area (Å²) in [5, 5.41) is 20.3. The number of imide groups is 1. The fourth-order valence-electron chi connectivity index (χ4n) is 4.65. The average Bonchev–Trinajstić information content (AvgIpc) is 3.34. The van der Waals surface area contributed by atoms with Crippen molar-refractivity contribution in [3.8, 4) is 5.75 Å². The van der Waals surface area contributed by atoms with Gasteiger partial charge in [0.2, 0.25) is 11.8 Å². The number of ether oxygens (including phenoxy) is 1. The normalized spacial score (nSPS) is 20.5. The number of nitro benzene ring substituents is 1. The van der Waals surface area contributed by atoms with Gasteiger partial charge in [-0.05, 0) is 24.1 Å². The van der Waals surface area contributed by atoms with Crippen molar-refractivity contribution in [1.82, 2.24) is 9.88 Å². The molecule has 3 heterocycles. The molecule has 0 radical (unpaired) electrons. The molecule has 5 rings (SSSR count). The standard InChI is InChI=1S/C24H19N3O8S2/c1-11-4-2-3-5-12(11)10-35-15-7-6-13(27(33)34)8-14(15)17-18-20(36-21-19(17)37-24(32)25-21)23(31)26(22(18)30)9-16(28)29/h2-8,17-18,20H,9-10H2,1H3,(H,25,32)(H,28,29)/t17-,18?,20?/m1/s1. The number of aromatic nitrogens is 1. The fraction of sp³-hybridized carbons (Fsp3) is 0.250. The molecule has 3 atom stereocenters. The number of thiazole rings is 1. The summed E-state index contributed by atoms with van der Waals surface area (Å²) < 4.78 is 6.10. The van der Waals surface area contributed by atoms with Crippen LogP contribution in [0.1, 0.15) is 27.5 Å². The van der Waals surface area contributed by atoms with Crippen LogP contribution in [0.2, 0.25) is 0 Å². The minimum absolute atomic E-state index is 0.140. The number of carboxylic acids is 1. The molecule has 3 aromatic rings. The number of hydrogen-bond acceptors (Lipinski definition) is 9. The summed E-state index contributed by atoms with van der Waals surface area (Å²) in [6, 6.07) is 11.6. The second-order valence-electron chi connectivity index (χ2n) is 8.60. The van der Waals surface area contributed by atoms with Crippen LogP contribution in [-0.2, 0) is 21.0 Å². The molecule has 13 heteroatoms. The highest BCUT2D eigenvalue weighted by Crippen LogP contribution is 2.54. The number of benzene rings is 2. The number of thioether (sulfide) groups is 1. The highest BCUT2D eigenvalue weighted by Gasteiger charge is 2.56. The number of amides is 2. The Morgan fingerprint density at radius 2 is 1.95 bits per heavy atom. The zero-order valence-electron chi connectivity index (χ0n) is 19.2. The summed E-state index contributed by atoms with van der Waals surface area (Å²) in [6.45, 7) is 1.26. The second kappa shape index (κ2) is 9.48. The van der Waals surface area contributed by atoms with E-state index in [1.807, 2.05) is 31.2 Å². The van der Waals surface area contributed by atoms with Gasteiger partial charge in [0.05, 0.1) is 15.9 Å². The highest BCUT2D eigenvalue weighted by atomic mass is 32.2. The van der Waals surface area contributed by atoms with Gasteiger partial charge in [-0.1, -0.05) is 47.4 Å². The van der Waals surface area contributed by atoms with Crippen LogP contribution in [0.4, 0.5) is 5.69 Å². The van der Waals surface area contributed by atoms with Gasteiger partial charge < -0.3 is 14.8 Å². The first-order chi connectivity index (χ1) is 17.7. The first-order valence-electron chi connectivity index (χ1n) is 11.1. The molecule has 0 aliphatic carbocycles. The number of aliphatic carboxylic acids is 1. The molecule has 0 spiro atoms. The third-order valence-corrected chi connectivity index (χ3v) is 8.79. The van der Waals surface area contributed by atoms with Crippen LogP contribution < -0.4 is 9.61 Å². The van der Waals surface area contributed by atoms with Gasteiger partial charge in [0.15, 0.2) is 0 Å². The van der Waals surface area contributed by atoms with Crippen molar-refractivity contribution in [2.75, 3.05) is 6.54 Å². The maximum absolute atomic E-state index is 13.4. The summed E-state index contributed by atoms with van der Waals surface area (Å²) in [6.07, 6.45) is 0. The predicted molar refractivity (Wildman–Crippen MR) is 133 cm³/mol. The van der Waals surface area contributed by atoms with Gasteiger partial charge in [0.25, 0.3) is 5.69 Å². The van der Waals surface area contributed by atoms with Crippen LogP contribution in [0.15, 0.2) is 52.3 Å². The van der Waals surface area contributed by atoms with E-state index in [9.17, 15) is 34.4 Å². The number of nitrogens with zero attached hydrogens (tertiary/aromatic N) is 2. The van der Waals surface area contributed by atoms with E-state index in [-0.39, 0.29) is 23.6 Å². The Morgan fingerprint density at radius 3 is 2.65 bits per heavy atom. The molecule has 190 valence electrons. The molecule has 1 saturated heterocycles. The molecule has 2 amide bonds. The number of aromatic amines is 1. The minimum Gasteiger partial charge on any atom is -0.489 e. The van der Waals surface area contributed by atoms with Gasteiger partial charge in [0.1, 0.15) is 24.2 Å². The number of carboxylic acid groups (broad SMARTS) is 1. The van der Waals surface area contributed by atoms with Crippen molar-refractivity contribution in [2.45, 2.75) is 29.7 Å². The lowest BCUT2D eigenvalue weighted by molar-refractivity contribution is -0.385. The minimum atomic E-state index is -1.34. The SMILES string of the molecule is Cc1ccccc1COc1ccc([N+](=O)[O-])cc1[C@H]1c2sc(=O)[nH]c2SC2C(=O)N(CC(=O)O)C(=O)C21. The van der Waals surface area contributed by atoms with E-state index in [2.05, 4.69) is 4.98 Å². The Bertz CT molecular complexity index is 1510. The van der Waals surface area contributed by atoms with E-state index in [1.165, 1.54) is 18.2 Å². The van der Waals surface area contributed by atoms with Gasteiger partial charge >= 0.3 is 10.8 Å². The second-order valence-corrected chi connectivity index (χ2v) is 10.8. The van der Waals surface area contributed by atoms with Crippen LogP contribution >= 0.6 is 23.1 Å². The van der Waals surface area contributed by atoms with Crippen molar-refractivity contribution in [3.05, 3.63) is 83.8 Å². The molecular formula is C24H19N3O8S2. The number of nitrogens with one attached hydrogen (secondary N) is 1. The Balaban J connectivity index is 1.64. The number of rotatable bonds is 7. The van der Waals surface area contributed by atoms with Gasteiger partial charge in [-0.25, -0.2) is 0 Å². The summed E-state index contributed by atoms with van der Waals surface area (Å²) in [7, 11) is 0. The van der Waals surface area contributed by atoms with Crippen LogP contribution in [-0.4, -0.2) is 49.5 Å². The zero-order chi connectivity index (χ0) is 26.4. The largest absolute Gasteiger partial charge is 0.489 e. The van der Waals surface area contributed by atoms with E-state index in [0.29, 0.717) is 14.8 Å². The molecule has 1 fully saturated rings. The first kappa shape index (κ1) is 24.7. The third kappa shape index (κ3) is 4.40. The summed E-state index contributed by atoms with van der Waals surface area (Å²) in [5.74, 6) is -4.49. The van der Waals surface area contributed by atoms with Crippen molar-refractivity contribution in [1.29, 1.82) is 0 Å². The molecule has 2 unspecified atom stereocenters. The highest BCUT2D eigenvalue weighted by molar-refractivity contribution is 8.00. The van der Waals surface area contributed by atoms with E-state index >= 15 is 0 Å². The molecule has 0 saturated carbocycles. The molecule has 1 aromatic heterocycles. The lowest BCUT2D eigenvalue weighted by Gasteiger charge is -2.30. The van der Waals surface area contributed by atoms with Crippen molar-refractivity contribution in [3.63, 3.8) is 0 Å². The number of likely N-dealkylation sites (tertiary alicyclic amines) is 1. The van der Waals surface area contributed by atoms with E-state index in [0.717, 1.165) is 34.2 Å². The molecule has 2 N–H and O–H groups in total.